The van der Waals surface area contributed by atoms with E-state index in [9.17, 15) is 9.59 Å². The van der Waals surface area contributed by atoms with Gasteiger partial charge in [0.05, 0.1) is 6.61 Å². The van der Waals surface area contributed by atoms with E-state index in [0.29, 0.717) is 44.0 Å². The predicted molar refractivity (Wildman–Crippen MR) is 111 cm³/mol. The lowest BCUT2D eigenvalue weighted by molar-refractivity contribution is -0.121. The Morgan fingerprint density at radius 2 is 2.03 bits per heavy atom. The molecule has 150 valence electrons. The number of fused-ring (bicyclic) bond motifs is 1. The van der Waals surface area contributed by atoms with Gasteiger partial charge in [-0.1, -0.05) is 6.07 Å². The van der Waals surface area contributed by atoms with E-state index in [1.54, 1.807) is 23.2 Å². The normalized spacial score (nSPS) is 14.7. The molecule has 0 radical (unpaired) electrons. The van der Waals surface area contributed by atoms with Gasteiger partial charge in [0.1, 0.15) is 17.3 Å². The first-order chi connectivity index (χ1) is 14.1. The number of carbonyl (C=O) groups excluding carboxylic acids is 2. The van der Waals surface area contributed by atoms with Crippen molar-refractivity contribution < 1.29 is 14.3 Å². The molecule has 29 heavy (non-hydrogen) atoms. The van der Waals surface area contributed by atoms with E-state index in [4.69, 9.17) is 4.74 Å². The summed E-state index contributed by atoms with van der Waals surface area (Å²) in [6.45, 7) is 3.65. The van der Waals surface area contributed by atoms with Crippen LogP contribution in [0.4, 0.5) is 5.82 Å². The standard InChI is InChI=1S/C22H24N4O3/c1-2-29-17-7-6-16-13-19(24-18(16)14-17)22(28)26-11-8-15(9-12-26)21(27)25-20-5-3-4-10-23-20/h3-7,10,13-15,24H,2,8-9,11-12H2,1H3,(H,23,25,27). The number of benzene rings is 1. The molecule has 4 rings (SSSR count). The predicted octanol–water partition coefficient (Wildman–Crippen LogP) is 3.45. The molecule has 0 spiro atoms. The van der Waals surface area contributed by atoms with Gasteiger partial charge in [0.2, 0.25) is 5.91 Å². The second-order valence-corrected chi connectivity index (χ2v) is 7.14. The Bertz CT molecular complexity index is 1010. The fourth-order valence-corrected chi connectivity index (χ4v) is 3.66. The van der Waals surface area contributed by atoms with Crippen molar-refractivity contribution in [3.63, 3.8) is 0 Å². The van der Waals surface area contributed by atoms with E-state index in [-0.39, 0.29) is 17.7 Å². The first-order valence-corrected chi connectivity index (χ1v) is 9.91. The maximum Gasteiger partial charge on any atom is 0.270 e. The third kappa shape index (κ3) is 4.23. The number of hydrogen-bond donors (Lipinski definition) is 2. The monoisotopic (exact) mass is 392 g/mol. The molecule has 0 saturated carbocycles. The Balaban J connectivity index is 1.37. The van der Waals surface area contributed by atoms with Crippen molar-refractivity contribution in [2.75, 3.05) is 25.0 Å². The number of likely N-dealkylation sites (tertiary alicyclic amines) is 1. The molecule has 1 saturated heterocycles. The maximum absolute atomic E-state index is 12.9. The third-order valence-corrected chi connectivity index (χ3v) is 5.20. The average Bonchev–Trinajstić information content (AvgIpc) is 3.18. The van der Waals surface area contributed by atoms with E-state index in [1.165, 1.54) is 0 Å². The topological polar surface area (TPSA) is 87.3 Å². The molecular formula is C22H24N4O3. The van der Waals surface area contributed by atoms with Crippen LogP contribution in [0, 0.1) is 5.92 Å². The molecule has 7 nitrogen and oxygen atoms in total. The molecule has 2 amide bonds. The molecule has 0 atom stereocenters. The zero-order valence-corrected chi connectivity index (χ0v) is 16.4. The van der Waals surface area contributed by atoms with Crippen LogP contribution in [-0.2, 0) is 4.79 Å². The van der Waals surface area contributed by atoms with Gasteiger partial charge in [0.25, 0.3) is 5.91 Å². The zero-order valence-electron chi connectivity index (χ0n) is 16.4. The van der Waals surface area contributed by atoms with Crippen molar-refractivity contribution in [1.82, 2.24) is 14.9 Å². The summed E-state index contributed by atoms with van der Waals surface area (Å²) in [5.74, 6) is 1.14. The number of anilines is 1. The molecule has 2 N–H and O–H groups in total. The first-order valence-electron chi connectivity index (χ1n) is 9.91. The summed E-state index contributed by atoms with van der Waals surface area (Å²) in [5.41, 5.74) is 1.44. The fourth-order valence-electron chi connectivity index (χ4n) is 3.66. The van der Waals surface area contributed by atoms with Gasteiger partial charge in [-0.05, 0) is 50.1 Å². The maximum atomic E-state index is 12.9. The molecule has 0 bridgehead atoms. The quantitative estimate of drug-likeness (QED) is 0.696. The third-order valence-electron chi connectivity index (χ3n) is 5.20. The fraction of sp³-hybridized carbons (Fsp3) is 0.318. The van der Waals surface area contributed by atoms with Crippen molar-refractivity contribution in [3.05, 3.63) is 54.4 Å². The highest BCUT2D eigenvalue weighted by Gasteiger charge is 2.28. The van der Waals surface area contributed by atoms with Crippen molar-refractivity contribution in [2.45, 2.75) is 19.8 Å². The molecular weight excluding hydrogens is 368 g/mol. The van der Waals surface area contributed by atoms with Crippen LogP contribution in [-0.4, -0.2) is 46.4 Å². The number of hydrogen-bond acceptors (Lipinski definition) is 4. The highest BCUT2D eigenvalue weighted by Crippen LogP contribution is 2.24. The summed E-state index contributed by atoms with van der Waals surface area (Å²) in [7, 11) is 0. The summed E-state index contributed by atoms with van der Waals surface area (Å²) < 4.78 is 5.52. The van der Waals surface area contributed by atoms with Crippen LogP contribution in [0.15, 0.2) is 48.7 Å². The number of aromatic nitrogens is 2. The minimum absolute atomic E-state index is 0.0372. The molecule has 2 aromatic heterocycles. The van der Waals surface area contributed by atoms with E-state index >= 15 is 0 Å². The number of aromatic amines is 1. The summed E-state index contributed by atoms with van der Waals surface area (Å²) in [6.07, 6.45) is 2.92. The van der Waals surface area contributed by atoms with Crippen LogP contribution in [0.2, 0.25) is 0 Å². The van der Waals surface area contributed by atoms with Gasteiger partial charge in [-0.25, -0.2) is 4.98 Å². The van der Waals surface area contributed by atoms with E-state index in [0.717, 1.165) is 16.7 Å². The summed E-state index contributed by atoms with van der Waals surface area (Å²) in [5, 5.41) is 3.82. The smallest absolute Gasteiger partial charge is 0.270 e. The van der Waals surface area contributed by atoms with Crippen LogP contribution in [0.1, 0.15) is 30.3 Å². The Morgan fingerprint density at radius 1 is 1.21 bits per heavy atom. The van der Waals surface area contributed by atoms with Crippen LogP contribution >= 0.6 is 0 Å². The van der Waals surface area contributed by atoms with Gasteiger partial charge in [-0.2, -0.15) is 0 Å². The molecule has 1 aliphatic rings. The lowest BCUT2D eigenvalue weighted by Gasteiger charge is -2.31. The minimum Gasteiger partial charge on any atom is -0.494 e. The molecule has 1 aromatic carbocycles. The number of ether oxygens (including phenoxy) is 1. The van der Waals surface area contributed by atoms with Gasteiger partial charge in [-0.15, -0.1) is 0 Å². The molecule has 3 aromatic rings. The number of piperidine rings is 1. The summed E-state index contributed by atoms with van der Waals surface area (Å²) in [6, 6.07) is 13.0. The van der Waals surface area contributed by atoms with Gasteiger partial charge in [0, 0.05) is 42.2 Å². The Kier molecular flexibility index (Phi) is 5.46. The van der Waals surface area contributed by atoms with E-state index < -0.39 is 0 Å². The number of nitrogens with one attached hydrogen (secondary N) is 2. The lowest BCUT2D eigenvalue weighted by atomic mass is 9.95. The molecule has 3 heterocycles. The molecule has 0 unspecified atom stereocenters. The molecule has 7 heteroatoms. The average molecular weight is 392 g/mol. The summed E-state index contributed by atoms with van der Waals surface area (Å²) >= 11 is 0. The van der Waals surface area contributed by atoms with E-state index in [1.807, 2.05) is 37.3 Å². The van der Waals surface area contributed by atoms with Crippen molar-refractivity contribution in [2.24, 2.45) is 5.92 Å². The van der Waals surface area contributed by atoms with Gasteiger partial charge >= 0.3 is 0 Å². The number of H-pyrrole nitrogens is 1. The number of rotatable bonds is 5. The first kappa shape index (κ1) is 19.0. The lowest BCUT2D eigenvalue weighted by Crippen LogP contribution is -2.41. The Morgan fingerprint density at radius 3 is 2.76 bits per heavy atom. The number of carbonyl (C=O) groups is 2. The second kappa shape index (κ2) is 8.34. The van der Waals surface area contributed by atoms with Crippen LogP contribution in [0.5, 0.6) is 5.75 Å². The Hall–Kier alpha value is -3.35. The number of nitrogens with zero attached hydrogens (tertiary/aromatic N) is 2. The second-order valence-electron chi connectivity index (χ2n) is 7.14. The number of pyridine rings is 1. The van der Waals surface area contributed by atoms with Crippen LogP contribution in [0.25, 0.3) is 10.9 Å². The largest absolute Gasteiger partial charge is 0.494 e. The number of amides is 2. The van der Waals surface area contributed by atoms with Gasteiger partial charge in [0.15, 0.2) is 0 Å². The SMILES string of the molecule is CCOc1ccc2cc(C(=O)N3CCC(C(=O)Nc4ccccn4)CC3)[nH]c2c1. The Labute approximate surface area is 169 Å². The minimum atomic E-state index is -0.113. The van der Waals surface area contributed by atoms with Crippen LogP contribution in [0.3, 0.4) is 0 Å². The van der Waals surface area contributed by atoms with Gasteiger partial charge in [-0.3, -0.25) is 9.59 Å². The molecule has 1 aliphatic heterocycles. The van der Waals surface area contributed by atoms with Crippen LogP contribution < -0.4 is 10.1 Å². The van der Waals surface area contributed by atoms with E-state index in [2.05, 4.69) is 15.3 Å². The van der Waals surface area contributed by atoms with Crippen molar-refractivity contribution in [3.8, 4) is 5.75 Å². The highest BCUT2D eigenvalue weighted by molar-refractivity contribution is 5.98. The highest BCUT2D eigenvalue weighted by atomic mass is 16.5. The summed E-state index contributed by atoms with van der Waals surface area (Å²) in [4.78, 5) is 34.5. The zero-order chi connectivity index (χ0) is 20.2. The molecule has 0 aliphatic carbocycles. The van der Waals surface area contributed by atoms with Crippen molar-refractivity contribution in [1.29, 1.82) is 0 Å². The van der Waals surface area contributed by atoms with Gasteiger partial charge < -0.3 is 19.9 Å². The molecule has 1 fully saturated rings. The van der Waals surface area contributed by atoms with Crippen molar-refractivity contribution >= 4 is 28.5 Å².